The van der Waals surface area contributed by atoms with Crippen molar-refractivity contribution in [1.29, 1.82) is 0 Å². The third-order valence-electron chi connectivity index (χ3n) is 6.26. The van der Waals surface area contributed by atoms with Crippen LogP contribution in [0.3, 0.4) is 0 Å². The number of carboxylic acids is 1. The zero-order valence-corrected chi connectivity index (χ0v) is 24.3. The van der Waals surface area contributed by atoms with Crippen LogP contribution in [0.4, 0.5) is 0 Å². The van der Waals surface area contributed by atoms with Crippen molar-refractivity contribution in [3.05, 3.63) is 63.2 Å². The SMILES string of the molecule is CSc1nnc(C(=O)NC(C(=O)NC2C(=O)N3C(C(=O)O)=C(CSc4nnnn4C)CS[C@H]23)c2ccccc2)c(=O)[nH]1. The van der Waals surface area contributed by atoms with E-state index in [9.17, 15) is 29.1 Å². The molecule has 19 heteroatoms. The number of fused-ring (bicyclic) bond motifs is 1. The Balaban J connectivity index is 1.33. The van der Waals surface area contributed by atoms with Gasteiger partial charge < -0.3 is 15.7 Å². The minimum absolute atomic E-state index is 0.142. The molecule has 0 aliphatic carbocycles. The molecule has 1 saturated heterocycles. The Morgan fingerprint density at radius 3 is 2.60 bits per heavy atom. The summed E-state index contributed by atoms with van der Waals surface area (Å²) in [6, 6.07) is 5.91. The Hall–Kier alpha value is -4.23. The second-order valence-electron chi connectivity index (χ2n) is 8.86. The fourth-order valence-electron chi connectivity index (χ4n) is 4.23. The summed E-state index contributed by atoms with van der Waals surface area (Å²) in [4.78, 5) is 67.7. The average molecular weight is 631 g/mol. The highest BCUT2D eigenvalue weighted by molar-refractivity contribution is 8.01. The molecule has 0 bridgehead atoms. The maximum Gasteiger partial charge on any atom is 0.352 e. The quantitative estimate of drug-likeness (QED) is 0.163. The fraction of sp³-hybridized carbons (Fsp3) is 0.304. The summed E-state index contributed by atoms with van der Waals surface area (Å²) in [6.45, 7) is 0. The molecule has 0 radical (unpaired) electrons. The molecule has 0 saturated carbocycles. The molecule has 2 aliphatic rings. The van der Waals surface area contributed by atoms with E-state index in [1.165, 1.54) is 28.2 Å². The van der Waals surface area contributed by atoms with Gasteiger partial charge in [0.15, 0.2) is 5.16 Å². The number of tetrazole rings is 1. The summed E-state index contributed by atoms with van der Waals surface area (Å²) < 4.78 is 1.45. The molecule has 42 heavy (non-hydrogen) atoms. The van der Waals surface area contributed by atoms with Crippen LogP contribution in [0.25, 0.3) is 0 Å². The molecular weight excluding hydrogens is 609 g/mol. The molecule has 5 rings (SSSR count). The average Bonchev–Trinajstić information content (AvgIpc) is 3.41. The minimum atomic E-state index is -1.29. The molecule has 4 N–H and O–H groups in total. The van der Waals surface area contributed by atoms with E-state index in [0.717, 1.165) is 16.7 Å². The van der Waals surface area contributed by atoms with Crippen LogP contribution in [0.5, 0.6) is 0 Å². The molecule has 2 aliphatic heterocycles. The van der Waals surface area contributed by atoms with E-state index in [2.05, 4.69) is 41.3 Å². The van der Waals surface area contributed by atoms with Crippen LogP contribution < -0.4 is 16.2 Å². The highest BCUT2D eigenvalue weighted by Crippen LogP contribution is 2.41. The Bertz CT molecular complexity index is 1640. The number of carbonyl (C=O) groups excluding carboxylic acids is 3. The normalized spacial score (nSPS) is 18.6. The standard InChI is InChI=1S/C23H22N10O6S3/c1-32-23(29-30-31-32)42-9-11-8-41-20-14(19(37)33(20)15(11)21(38)39)25-16(34)12(10-6-4-3-5-7-10)24-17(35)13-18(36)26-22(40-2)28-27-13/h3-7,12,14,20H,8-9H2,1-2H3,(H,24,35)(H,25,34)(H,38,39)(H,26,28,36)/t12?,14?,20-/m1/s1. The zero-order chi connectivity index (χ0) is 30.0. The number of rotatable bonds is 10. The first kappa shape index (κ1) is 29.3. The molecule has 1 aromatic carbocycles. The van der Waals surface area contributed by atoms with E-state index < -0.39 is 52.4 Å². The van der Waals surface area contributed by atoms with Gasteiger partial charge in [0.2, 0.25) is 16.8 Å². The third-order valence-corrected chi connectivity index (χ3v) is 9.27. The number of nitrogens with zero attached hydrogens (tertiary/aromatic N) is 7. The number of benzene rings is 1. The maximum absolute atomic E-state index is 13.5. The Labute approximate surface area is 249 Å². The third kappa shape index (κ3) is 5.74. The number of nitrogens with one attached hydrogen (secondary N) is 3. The van der Waals surface area contributed by atoms with Crippen LogP contribution in [0.15, 0.2) is 56.7 Å². The number of carbonyl (C=O) groups is 4. The van der Waals surface area contributed by atoms with E-state index >= 15 is 0 Å². The number of aromatic nitrogens is 7. The van der Waals surface area contributed by atoms with Gasteiger partial charge in [-0.1, -0.05) is 53.9 Å². The molecule has 2 unspecified atom stereocenters. The summed E-state index contributed by atoms with van der Waals surface area (Å²) in [5, 5.41) is 33.7. The van der Waals surface area contributed by atoms with Gasteiger partial charge in [-0.25, -0.2) is 9.48 Å². The van der Waals surface area contributed by atoms with Crippen LogP contribution in [-0.4, -0.2) is 98.3 Å². The largest absolute Gasteiger partial charge is 0.477 e. The van der Waals surface area contributed by atoms with Crippen molar-refractivity contribution in [1.82, 2.24) is 50.9 Å². The van der Waals surface area contributed by atoms with Crippen LogP contribution >= 0.6 is 35.3 Å². The van der Waals surface area contributed by atoms with E-state index in [1.807, 2.05) is 0 Å². The molecular formula is C23H22N10O6S3. The number of hydrogen-bond donors (Lipinski definition) is 4. The summed E-state index contributed by atoms with van der Waals surface area (Å²) in [6.07, 6.45) is 1.68. The number of aromatic amines is 1. The minimum Gasteiger partial charge on any atom is -0.477 e. The van der Waals surface area contributed by atoms with Gasteiger partial charge in [-0.15, -0.1) is 27.1 Å². The van der Waals surface area contributed by atoms with Gasteiger partial charge in [-0.3, -0.25) is 29.1 Å². The number of H-pyrrole nitrogens is 1. The van der Waals surface area contributed by atoms with E-state index in [1.54, 1.807) is 43.6 Å². The van der Waals surface area contributed by atoms with Crippen LogP contribution in [0.1, 0.15) is 22.1 Å². The maximum atomic E-state index is 13.5. The van der Waals surface area contributed by atoms with Crippen molar-refractivity contribution in [2.75, 3.05) is 17.8 Å². The van der Waals surface area contributed by atoms with Gasteiger partial charge >= 0.3 is 5.97 Å². The summed E-state index contributed by atoms with van der Waals surface area (Å²) in [7, 11) is 1.66. The highest BCUT2D eigenvalue weighted by Gasteiger charge is 2.54. The molecule has 16 nitrogen and oxygen atoms in total. The first-order valence-electron chi connectivity index (χ1n) is 12.1. The van der Waals surface area contributed by atoms with Gasteiger partial charge in [0.25, 0.3) is 17.4 Å². The van der Waals surface area contributed by atoms with Gasteiger partial charge in [0.1, 0.15) is 23.2 Å². The van der Waals surface area contributed by atoms with E-state index in [-0.39, 0.29) is 16.6 Å². The Morgan fingerprint density at radius 1 is 1.19 bits per heavy atom. The summed E-state index contributed by atoms with van der Waals surface area (Å²) in [5.74, 6) is -2.99. The van der Waals surface area contributed by atoms with E-state index in [4.69, 9.17) is 0 Å². The number of hydrogen-bond acceptors (Lipinski definition) is 13. The molecule has 1 fully saturated rings. The molecule has 218 valence electrons. The molecule has 3 atom stereocenters. The van der Waals surface area contributed by atoms with Gasteiger partial charge in [0, 0.05) is 18.6 Å². The lowest BCUT2D eigenvalue weighted by Crippen LogP contribution is -2.71. The molecule has 3 amide bonds. The second kappa shape index (κ2) is 12.3. The first-order chi connectivity index (χ1) is 20.2. The summed E-state index contributed by atoms with van der Waals surface area (Å²) >= 11 is 3.68. The highest BCUT2D eigenvalue weighted by atomic mass is 32.2. The van der Waals surface area contributed by atoms with Gasteiger partial charge in [0.05, 0.1) is 0 Å². The van der Waals surface area contributed by atoms with Crippen molar-refractivity contribution in [2.24, 2.45) is 7.05 Å². The van der Waals surface area contributed by atoms with Crippen LogP contribution in [0.2, 0.25) is 0 Å². The topological polar surface area (TPSA) is 218 Å². The number of carboxylic acid groups (broad SMARTS) is 1. The lowest BCUT2D eigenvalue weighted by molar-refractivity contribution is -0.151. The number of aliphatic carboxylic acids is 1. The van der Waals surface area contributed by atoms with Crippen molar-refractivity contribution < 1.29 is 24.3 Å². The second-order valence-corrected chi connectivity index (χ2v) is 11.7. The fourth-order valence-corrected chi connectivity index (χ4v) is 6.89. The molecule has 2 aromatic heterocycles. The van der Waals surface area contributed by atoms with Crippen LogP contribution in [0, 0.1) is 0 Å². The lowest BCUT2D eigenvalue weighted by atomic mass is 10.0. The predicted octanol–water partition coefficient (Wildman–Crippen LogP) is -0.588. The van der Waals surface area contributed by atoms with E-state index in [0.29, 0.717) is 22.0 Å². The van der Waals surface area contributed by atoms with Crippen molar-refractivity contribution in [3.63, 3.8) is 0 Å². The Kier molecular flexibility index (Phi) is 8.59. The molecule has 3 aromatic rings. The summed E-state index contributed by atoms with van der Waals surface area (Å²) in [5.41, 5.74) is -0.551. The van der Waals surface area contributed by atoms with Crippen LogP contribution in [-0.2, 0) is 21.4 Å². The number of β-lactam (4-membered cyclic amide) rings is 1. The number of aryl methyl sites for hydroxylation is 1. The lowest BCUT2D eigenvalue weighted by Gasteiger charge is -2.49. The smallest absolute Gasteiger partial charge is 0.352 e. The zero-order valence-electron chi connectivity index (χ0n) is 21.9. The van der Waals surface area contributed by atoms with Crippen molar-refractivity contribution in [2.45, 2.75) is 27.8 Å². The monoisotopic (exact) mass is 630 g/mol. The Morgan fingerprint density at radius 2 is 1.95 bits per heavy atom. The number of amides is 3. The first-order valence-corrected chi connectivity index (χ1v) is 15.4. The molecule has 4 heterocycles. The van der Waals surface area contributed by atoms with Crippen molar-refractivity contribution >= 4 is 59.0 Å². The van der Waals surface area contributed by atoms with Gasteiger partial charge in [-0.2, -0.15) is 0 Å². The number of thioether (sulfide) groups is 3. The molecule has 0 spiro atoms. The van der Waals surface area contributed by atoms with Crippen molar-refractivity contribution in [3.8, 4) is 0 Å². The van der Waals surface area contributed by atoms with Gasteiger partial charge in [-0.05, 0) is 27.8 Å². The predicted molar refractivity (Wildman–Crippen MR) is 150 cm³/mol.